The molecule has 5 aromatic rings. The Morgan fingerprint density at radius 3 is 2.61 bits per heavy atom. The van der Waals surface area contributed by atoms with Crippen molar-refractivity contribution in [3.8, 4) is 5.75 Å². The fourth-order valence-corrected chi connectivity index (χ4v) is 4.78. The van der Waals surface area contributed by atoms with Gasteiger partial charge in [0.25, 0.3) is 0 Å². The largest absolute Gasteiger partial charge is 0.489 e. The Morgan fingerprint density at radius 2 is 1.79 bits per heavy atom. The van der Waals surface area contributed by atoms with Crippen molar-refractivity contribution in [1.82, 2.24) is 4.98 Å². The maximum absolute atomic E-state index is 5.91. The molecule has 0 saturated carbocycles. The fourth-order valence-electron chi connectivity index (χ4n) is 3.85. The van der Waals surface area contributed by atoms with E-state index >= 15 is 0 Å². The lowest BCUT2D eigenvalue weighted by molar-refractivity contribution is 0.306. The molecule has 3 aromatic carbocycles. The highest BCUT2D eigenvalue weighted by atomic mass is 32.1. The van der Waals surface area contributed by atoms with Crippen molar-refractivity contribution >= 4 is 49.5 Å². The van der Waals surface area contributed by atoms with Gasteiger partial charge in [0.15, 0.2) is 0 Å². The van der Waals surface area contributed by atoms with Crippen molar-refractivity contribution in [2.45, 2.75) is 6.61 Å². The van der Waals surface area contributed by atoms with Crippen LogP contribution in [0, 0.1) is 0 Å². The number of nitrogens with one attached hydrogen (secondary N) is 1. The van der Waals surface area contributed by atoms with Crippen LogP contribution >= 0.6 is 11.3 Å². The zero-order valence-electron chi connectivity index (χ0n) is 17.6. The smallest absolute Gasteiger partial charge is 0.139 e. The van der Waals surface area contributed by atoms with Gasteiger partial charge in [-0.05, 0) is 52.6 Å². The number of benzene rings is 3. The van der Waals surface area contributed by atoms with Gasteiger partial charge >= 0.3 is 0 Å². The van der Waals surface area contributed by atoms with Gasteiger partial charge in [-0.3, -0.25) is 0 Å². The lowest BCUT2D eigenvalue weighted by Gasteiger charge is -2.11. The third-order valence-corrected chi connectivity index (χ3v) is 6.49. The molecular formula is C26H19N5OS. The minimum Gasteiger partial charge on any atom is -0.489 e. The number of anilines is 2. The Morgan fingerprint density at radius 1 is 0.909 bits per heavy atom. The molecule has 0 bridgehead atoms. The van der Waals surface area contributed by atoms with Gasteiger partial charge in [0.2, 0.25) is 0 Å². The summed E-state index contributed by atoms with van der Waals surface area (Å²) in [6.45, 7) is 1.06. The molecule has 160 valence electrons. The summed E-state index contributed by atoms with van der Waals surface area (Å²) in [6, 6.07) is 26.5. The van der Waals surface area contributed by atoms with Crippen LogP contribution in [-0.2, 0) is 6.61 Å². The van der Waals surface area contributed by atoms with Crippen LogP contribution in [-0.4, -0.2) is 17.2 Å². The molecule has 0 fully saturated rings. The van der Waals surface area contributed by atoms with E-state index in [1.54, 1.807) is 11.3 Å². The molecule has 0 unspecified atom stereocenters. The number of fused-ring (bicyclic) bond motifs is 3. The first-order chi connectivity index (χ1) is 16.3. The molecule has 0 spiro atoms. The summed E-state index contributed by atoms with van der Waals surface area (Å²) in [6.07, 6.45) is 0. The van der Waals surface area contributed by atoms with E-state index in [-0.39, 0.29) is 0 Å². The minimum atomic E-state index is 0.510. The summed E-state index contributed by atoms with van der Waals surface area (Å²) in [5.74, 6) is 1.66. The standard InChI is InChI=1S/C26H19N5OS/c1-2-4-17(5-3-1)16-32-20-9-7-19(8-10-20)28-26-22-12-13-33-25(22)21-11-6-18(14-23(21)29-26)24-15-27-31-30-24/h1-14H,15-16H2,(H,28,29). The van der Waals surface area contributed by atoms with E-state index in [0.717, 1.165) is 50.4 Å². The van der Waals surface area contributed by atoms with Crippen molar-refractivity contribution < 1.29 is 4.74 Å². The molecule has 0 saturated heterocycles. The molecule has 0 atom stereocenters. The number of rotatable bonds is 6. The van der Waals surface area contributed by atoms with Gasteiger partial charge in [-0.15, -0.1) is 16.4 Å². The molecule has 0 radical (unpaired) electrons. The molecule has 0 aliphatic carbocycles. The van der Waals surface area contributed by atoms with E-state index in [2.05, 4.69) is 62.5 Å². The Hall–Kier alpha value is -4.10. The SMILES string of the molecule is c1ccc(COc2ccc(Nc3nc4cc(C5=NN=NC5)ccc4c4sccc34)cc2)cc1. The van der Waals surface area contributed by atoms with Gasteiger partial charge in [-0.1, -0.05) is 42.5 Å². The molecule has 1 aliphatic heterocycles. The molecule has 1 aliphatic rings. The maximum Gasteiger partial charge on any atom is 0.139 e. The zero-order valence-corrected chi connectivity index (χ0v) is 18.4. The normalized spacial score (nSPS) is 12.9. The summed E-state index contributed by atoms with van der Waals surface area (Å²) in [5.41, 5.74) is 4.88. The van der Waals surface area contributed by atoms with Gasteiger partial charge in [0.1, 0.15) is 24.7 Å². The zero-order chi connectivity index (χ0) is 22.0. The Kier molecular flexibility index (Phi) is 5.01. The topological polar surface area (TPSA) is 71.2 Å². The first-order valence-electron chi connectivity index (χ1n) is 10.6. The van der Waals surface area contributed by atoms with Crippen LogP contribution in [0.3, 0.4) is 0 Å². The van der Waals surface area contributed by atoms with E-state index in [1.807, 2.05) is 42.5 Å². The van der Waals surface area contributed by atoms with Crippen molar-refractivity contribution in [1.29, 1.82) is 0 Å². The van der Waals surface area contributed by atoms with E-state index in [4.69, 9.17) is 9.72 Å². The number of pyridine rings is 1. The van der Waals surface area contributed by atoms with E-state index < -0.39 is 0 Å². The first-order valence-corrected chi connectivity index (χ1v) is 11.5. The molecule has 0 amide bonds. The molecule has 6 rings (SSSR count). The second-order valence-electron chi connectivity index (χ2n) is 7.72. The number of hydrogen-bond donors (Lipinski definition) is 1. The Balaban J connectivity index is 1.27. The summed E-state index contributed by atoms with van der Waals surface area (Å²) in [7, 11) is 0. The van der Waals surface area contributed by atoms with E-state index in [0.29, 0.717) is 13.2 Å². The van der Waals surface area contributed by atoms with Gasteiger partial charge in [-0.25, -0.2) is 4.98 Å². The van der Waals surface area contributed by atoms with Crippen LogP contribution in [0.2, 0.25) is 0 Å². The van der Waals surface area contributed by atoms with Gasteiger partial charge in [0, 0.05) is 26.7 Å². The van der Waals surface area contributed by atoms with E-state index in [9.17, 15) is 0 Å². The third kappa shape index (κ3) is 3.94. The maximum atomic E-state index is 5.91. The first kappa shape index (κ1) is 19.6. The molecule has 6 nitrogen and oxygen atoms in total. The fraction of sp³-hybridized carbons (Fsp3) is 0.0769. The Labute approximate surface area is 194 Å². The quantitative estimate of drug-likeness (QED) is 0.305. The number of aromatic nitrogens is 1. The van der Waals surface area contributed by atoms with Crippen LogP contribution < -0.4 is 10.1 Å². The highest BCUT2D eigenvalue weighted by Crippen LogP contribution is 2.35. The van der Waals surface area contributed by atoms with Gasteiger partial charge in [0.05, 0.1) is 11.2 Å². The second-order valence-corrected chi connectivity index (χ2v) is 8.63. The van der Waals surface area contributed by atoms with Crippen LogP contribution in [0.5, 0.6) is 5.75 Å². The van der Waals surface area contributed by atoms with Crippen LogP contribution in [0.25, 0.3) is 21.0 Å². The van der Waals surface area contributed by atoms with E-state index in [1.165, 1.54) is 4.70 Å². The minimum absolute atomic E-state index is 0.510. The van der Waals surface area contributed by atoms with Crippen molar-refractivity contribution in [3.05, 3.63) is 95.4 Å². The molecule has 3 heterocycles. The summed E-state index contributed by atoms with van der Waals surface area (Å²) < 4.78 is 7.11. The van der Waals surface area contributed by atoms with Gasteiger partial charge < -0.3 is 10.1 Å². The highest BCUT2D eigenvalue weighted by molar-refractivity contribution is 7.18. The third-order valence-electron chi connectivity index (χ3n) is 5.54. The lowest BCUT2D eigenvalue weighted by atomic mass is 10.1. The van der Waals surface area contributed by atoms with Crippen LogP contribution in [0.4, 0.5) is 11.5 Å². The summed E-state index contributed by atoms with van der Waals surface area (Å²) in [4.78, 5) is 4.95. The van der Waals surface area contributed by atoms with Crippen molar-refractivity contribution in [3.63, 3.8) is 0 Å². The number of thiophene rings is 1. The molecule has 33 heavy (non-hydrogen) atoms. The average molecular weight is 450 g/mol. The lowest BCUT2D eigenvalue weighted by Crippen LogP contribution is -2.02. The van der Waals surface area contributed by atoms with Crippen LogP contribution in [0.15, 0.2) is 99.7 Å². The second kappa shape index (κ2) is 8.44. The monoisotopic (exact) mass is 449 g/mol. The predicted octanol–water partition coefficient (Wildman–Crippen LogP) is 6.94. The Bertz CT molecular complexity index is 1510. The molecule has 1 N–H and O–H groups in total. The van der Waals surface area contributed by atoms with Gasteiger partial charge in [-0.2, -0.15) is 5.11 Å². The number of nitrogens with zero attached hydrogens (tertiary/aromatic N) is 4. The molecule has 7 heteroatoms. The average Bonchev–Trinajstić information content (AvgIpc) is 3.57. The molecular weight excluding hydrogens is 430 g/mol. The number of hydrogen-bond acceptors (Lipinski definition) is 7. The van der Waals surface area contributed by atoms with Crippen molar-refractivity contribution in [2.75, 3.05) is 11.9 Å². The van der Waals surface area contributed by atoms with Crippen molar-refractivity contribution in [2.24, 2.45) is 15.4 Å². The summed E-state index contributed by atoms with van der Waals surface area (Å²) in [5, 5.41) is 19.6. The predicted molar refractivity (Wildman–Crippen MR) is 134 cm³/mol. The molecule has 2 aromatic heterocycles. The van der Waals surface area contributed by atoms with Crippen LogP contribution in [0.1, 0.15) is 11.1 Å². The summed E-state index contributed by atoms with van der Waals surface area (Å²) >= 11 is 1.72. The number of ether oxygens (including phenoxy) is 1. The highest BCUT2D eigenvalue weighted by Gasteiger charge is 2.13.